The maximum Gasteiger partial charge on any atom is 0.267 e. The molecule has 0 unspecified atom stereocenters. The third kappa shape index (κ3) is 4.08. The highest BCUT2D eigenvalue weighted by molar-refractivity contribution is 5.99. The molecule has 0 atom stereocenters. The quantitative estimate of drug-likeness (QED) is 0.471. The minimum atomic E-state index is -0.0951. The molecular formula is C24H25N5O3. The molecule has 1 saturated carbocycles. The fraction of sp³-hybridized carbons (Fsp3) is 0.333. The minimum absolute atomic E-state index is 0.0951. The number of carbonyl (C=O) groups excluding carboxylic acids is 1. The predicted octanol–water partition coefficient (Wildman–Crippen LogP) is 4.33. The molecule has 1 aromatic carbocycles. The number of ether oxygens (including phenoxy) is 1. The van der Waals surface area contributed by atoms with Crippen molar-refractivity contribution in [2.75, 3.05) is 13.7 Å². The molecule has 1 amide bonds. The van der Waals surface area contributed by atoms with Gasteiger partial charge in [-0.15, -0.1) is 10.2 Å². The number of rotatable bonds is 6. The van der Waals surface area contributed by atoms with E-state index in [0.29, 0.717) is 35.6 Å². The molecular weight excluding hydrogens is 406 g/mol. The Labute approximate surface area is 185 Å². The van der Waals surface area contributed by atoms with Crippen LogP contribution in [0.15, 0.2) is 53.1 Å². The van der Waals surface area contributed by atoms with Crippen LogP contribution in [-0.2, 0) is 0 Å². The number of hydrogen-bond donors (Lipinski definition) is 2. The van der Waals surface area contributed by atoms with Crippen LogP contribution in [0, 0.1) is 5.92 Å². The second kappa shape index (κ2) is 8.82. The van der Waals surface area contributed by atoms with Crippen LogP contribution < -0.4 is 10.1 Å². The highest BCUT2D eigenvalue weighted by Gasteiger charge is 2.27. The van der Waals surface area contributed by atoms with Crippen molar-refractivity contribution in [1.82, 2.24) is 25.5 Å². The number of H-pyrrole nitrogens is 1. The zero-order valence-corrected chi connectivity index (χ0v) is 17.9. The van der Waals surface area contributed by atoms with Crippen molar-refractivity contribution in [1.29, 1.82) is 0 Å². The van der Waals surface area contributed by atoms with Crippen LogP contribution in [-0.4, -0.2) is 39.7 Å². The summed E-state index contributed by atoms with van der Waals surface area (Å²) in [6.07, 6.45) is 5.66. The molecule has 0 spiro atoms. The van der Waals surface area contributed by atoms with E-state index in [0.717, 1.165) is 42.3 Å². The standard InChI is InChI=1S/C24H25N5O3/c1-31-21-7-4-6-18-17(21)13-20(27-18)22(30)26-14-15-8-10-16(11-9-15)23-28-29-24(32-23)19-5-2-3-12-25-19/h2-7,12-13,15-16,27H,8-11,14H2,1H3,(H,26,30). The van der Waals surface area contributed by atoms with Crippen molar-refractivity contribution in [3.63, 3.8) is 0 Å². The van der Waals surface area contributed by atoms with E-state index in [1.807, 2.05) is 42.5 Å². The van der Waals surface area contributed by atoms with E-state index in [9.17, 15) is 4.79 Å². The molecule has 1 aliphatic rings. The van der Waals surface area contributed by atoms with Gasteiger partial charge in [0, 0.05) is 29.6 Å². The Bertz CT molecular complexity index is 1210. The Balaban J connectivity index is 1.15. The molecule has 8 heteroatoms. The van der Waals surface area contributed by atoms with Gasteiger partial charge in [0.2, 0.25) is 5.89 Å². The molecule has 1 aliphatic carbocycles. The van der Waals surface area contributed by atoms with Crippen LogP contribution in [0.1, 0.15) is 48.0 Å². The lowest BCUT2D eigenvalue weighted by atomic mass is 9.82. The maximum absolute atomic E-state index is 12.7. The van der Waals surface area contributed by atoms with Crippen molar-refractivity contribution >= 4 is 16.8 Å². The van der Waals surface area contributed by atoms with Gasteiger partial charge < -0.3 is 19.5 Å². The molecule has 3 heterocycles. The van der Waals surface area contributed by atoms with Crippen molar-refractivity contribution < 1.29 is 13.9 Å². The predicted molar refractivity (Wildman–Crippen MR) is 119 cm³/mol. The molecule has 0 bridgehead atoms. The van der Waals surface area contributed by atoms with Gasteiger partial charge in [-0.1, -0.05) is 12.1 Å². The largest absolute Gasteiger partial charge is 0.496 e. The second-order valence-electron chi connectivity index (χ2n) is 8.19. The molecule has 0 saturated heterocycles. The van der Waals surface area contributed by atoms with E-state index < -0.39 is 0 Å². The van der Waals surface area contributed by atoms with Gasteiger partial charge in [0.05, 0.1) is 7.11 Å². The number of nitrogens with zero attached hydrogens (tertiary/aromatic N) is 3. The number of methoxy groups -OCH3 is 1. The van der Waals surface area contributed by atoms with Gasteiger partial charge in [0.25, 0.3) is 11.8 Å². The summed E-state index contributed by atoms with van der Waals surface area (Å²) in [5, 5.41) is 12.4. The Kier molecular flexibility index (Phi) is 5.58. The molecule has 4 aromatic rings. The van der Waals surface area contributed by atoms with Crippen LogP contribution in [0.2, 0.25) is 0 Å². The smallest absolute Gasteiger partial charge is 0.267 e. The van der Waals surface area contributed by atoms with Crippen LogP contribution in [0.25, 0.3) is 22.5 Å². The summed E-state index contributed by atoms with van der Waals surface area (Å²) in [5.74, 6) is 2.50. The first-order valence-electron chi connectivity index (χ1n) is 10.9. The highest BCUT2D eigenvalue weighted by atomic mass is 16.5. The van der Waals surface area contributed by atoms with E-state index in [2.05, 4.69) is 25.5 Å². The summed E-state index contributed by atoms with van der Waals surface area (Å²) < 4.78 is 11.3. The van der Waals surface area contributed by atoms with Gasteiger partial charge in [-0.3, -0.25) is 9.78 Å². The topological polar surface area (TPSA) is 106 Å². The number of fused-ring (bicyclic) bond motifs is 1. The van der Waals surface area contributed by atoms with Crippen LogP contribution in [0.4, 0.5) is 0 Å². The lowest BCUT2D eigenvalue weighted by Crippen LogP contribution is -2.31. The second-order valence-corrected chi connectivity index (χ2v) is 8.19. The average molecular weight is 431 g/mol. The molecule has 0 radical (unpaired) electrons. The first kappa shape index (κ1) is 20.2. The molecule has 5 rings (SSSR count). The van der Waals surface area contributed by atoms with E-state index in [1.54, 1.807) is 13.3 Å². The first-order chi connectivity index (χ1) is 15.7. The van der Waals surface area contributed by atoms with Crippen LogP contribution in [0.3, 0.4) is 0 Å². The number of amides is 1. The molecule has 8 nitrogen and oxygen atoms in total. The van der Waals surface area contributed by atoms with Crippen LogP contribution >= 0.6 is 0 Å². The lowest BCUT2D eigenvalue weighted by molar-refractivity contribution is 0.0938. The number of aromatic nitrogens is 4. The molecule has 164 valence electrons. The zero-order valence-electron chi connectivity index (χ0n) is 17.9. The monoisotopic (exact) mass is 431 g/mol. The third-order valence-corrected chi connectivity index (χ3v) is 6.16. The molecule has 2 N–H and O–H groups in total. The van der Waals surface area contributed by atoms with Gasteiger partial charge in [-0.25, -0.2) is 0 Å². The SMILES string of the molecule is COc1cccc2[nH]c(C(=O)NCC3CCC(c4nnc(-c5ccccn5)o4)CC3)cc12. The summed E-state index contributed by atoms with van der Waals surface area (Å²) in [5.41, 5.74) is 2.13. The van der Waals surface area contributed by atoms with Gasteiger partial charge in [0.1, 0.15) is 17.1 Å². The average Bonchev–Trinajstić information content (AvgIpc) is 3.51. The Morgan fingerprint density at radius 2 is 2.03 bits per heavy atom. The van der Waals surface area contributed by atoms with E-state index >= 15 is 0 Å². The third-order valence-electron chi connectivity index (χ3n) is 6.16. The normalized spacial score (nSPS) is 18.5. The van der Waals surface area contributed by atoms with Crippen molar-refractivity contribution in [2.45, 2.75) is 31.6 Å². The van der Waals surface area contributed by atoms with Gasteiger partial charge >= 0.3 is 0 Å². The summed E-state index contributed by atoms with van der Waals surface area (Å²) in [6, 6.07) is 13.2. The first-order valence-corrected chi connectivity index (χ1v) is 10.9. The minimum Gasteiger partial charge on any atom is -0.496 e. The van der Waals surface area contributed by atoms with Crippen molar-refractivity contribution in [3.8, 4) is 17.3 Å². The van der Waals surface area contributed by atoms with E-state index in [4.69, 9.17) is 9.15 Å². The summed E-state index contributed by atoms with van der Waals surface area (Å²) in [6.45, 7) is 0.654. The molecule has 32 heavy (non-hydrogen) atoms. The molecule has 3 aromatic heterocycles. The number of nitrogens with one attached hydrogen (secondary N) is 2. The lowest BCUT2D eigenvalue weighted by Gasteiger charge is -2.26. The maximum atomic E-state index is 12.7. The van der Waals surface area contributed by atoms with Gasteiger partial charge in [-0.05, 0) is 61.9 Å². The number of aromatic amines is 1. The van der Waals surface area contributed by atoms with Gasteiger partial charge in [0.15, 0.2) is 0 Å². The van der Waals surface area contributed by atoms with Crippen LogP contribution in [0.5, 0.6) is 5.75 Å². The Morgan fingerprint density at radius 3 is 2.81 bits per heavy atom. The zero-order chi connectivity index (χ0) is 21.9. The number of hydrogen-bond acceptors (Lipinski definition) is 6. The Hall–Kier alpha value is -3.68. The molecule has 0 aliphatic heterocycles. The summed E-state index contributed by atoms with van der Waals surface area (Å²) in [7, 11) is 1.63. The van der Waals surface area contributed by atoms with E-state index in [-0.39, 0.29) is 11.8 Å². The van der Waals surface area contributed by atoms with Crippen molar-refractivity contribution in [2.24, 2.45) is 5.92 Å². The van der Waals surface area contributed by atoms with Crippen molar-refractivity contribution in [3.05, 3.63) is 60.2 Å². The number of carbonyl (C=O) groups is 1. The highest BCUT2D eigenvalue weighted by Crippen LogP contribution is 2.35. The number of benzene rings is 1. The molecule has 1 fully saturated rings. The summed E-state index contributed by atoms with van der Waals surface area (Å²) >= 11 is 0. The van der Waals surface area contributed by atoms with Gasteiger partial charge in [-0.2, -0.15) is 0 Å². The summed E-state index contributed by atoms with van der Waals surface area (Å²) in [4.78, 5) is 20.1. The number of pyridine rings is 1. The Morgan fingerprint density at radius 1 is 1.16 bits per heavy atom. The fourth-order valence-electron chi connectivity index (χ4n) is 4.37. The fourth-order valence-corrected chi connectivity index (χ4v) is 4.37. The van der Waals surface area contributed by atoms with E-state index in [1.165, 1.54) is 0 Å².